The predicted octanol–water partition coefficient (Wildman–Crippen LogP) is 4.09. The molecule has 3 aromatic carbocycles. The first-order valence-electron chi connectivity index (χ1n) is 9.35. The third-order valence-electron chi connectivity index (χ3n) is 4.78. The summed E-state index contributed by atoms with van der Waals surface area (Å²) in [5.74, 6) is -0.584. The monoisotopic (exact) mass is 404 g/mol. The second-order valence-corrected chi connectivity index (χ2v) is 7.65. The molecule has 0 N–H and O–H groups in total. The van der Waals surface area contributed by atoms with Gasteiger partial charge in [0.25, 0.3) is 0 Å². The first kappa shape index (κ1) is 19.1. The first-order valence-corrected chi connectivity index (χ1v) is 10.2. The molecule has 0 spiro atoms. The molecule has 29 heavy (non-hydrogen) atoms. The Morgan fingerprint density at radius 3 is 2.55 bits per heavy atom. The summed E-state index contributed by atoms with van der Waals surface area (Å²) in [7, 11) is 1.36. The van der Waals surface area contributed by atoms with E-state index >= 15 is 0 Å². The van der Waals surface area contributed by atoms with Crippen molar-refractivity contribution < 1.29 is 14.3 Å². The summed E-state index contributed by atoms with van der Waals surface area (Å²) in [6.07, 6.45) is 0.950. The molecule has 146 valence electrons. The molecular formula is C23H20N2O3S. The normalized spacial score (nSPS) is 11.8. The Balaban J connectivity index is 1.75. The lowest BCUT2D eigenvalue weighted by molar-refractivity contribution is -0.141. The van der Waals surface area contributed by atoms with Crippen LogP contribution in [0.5, 0.6) is 0 Å². The maximum atomic E-state index is 12.5. The summed E-state index contributed by atoms with van der Waals surface area (Å²) >= 11 is 1.42. The number of nitrogens with zero attached hydrogens (tertiary/aromatic N) is 2. The van der Waals surface area contributed by atoms with E-state index in [0.717, 1.165) is 26.6 Å². The van der Waals surface area contributed by atoms with Crippen LogP contribution in [0.4, 0.5) is 0 Å². The highest BCUT2D eigenvalue weighted by atomic mass is 32.1. The van der Waals surface area contributed by atoms with Crippen LogP contribution in [0.15, 0.2) is 71.7 Å². The molecule has 4 aromatic rings. The van der Waals surface area contributed by atoms with Gasteiger partial charge in [-0.05, 0) is 23.4 Å². The highest BCUT2D eigenvalue weighted by molar-refractivity contribution is 7.17. The van der Waals surface area contributed by atoms with Crippen molar-refractivity contribution in [2.45, 2.75) is 19.4 Å². The third-order valence-corrected chi connectivity index (χ3v) is 5.91. The fraction of sp³-hybridized carbons (Fsp3) is 0.174. The maximum Gasteiger partial charge on any atom is 0.325 e. The van der Waals surface area contributed by atoms with Crippen LogP contribution in [0.3, 0.4) is 0 Å². The Hall–Kier alpha value is -3.25. The van der Waals surface area contributed by atoms with E-state index in [0.29, 0.717) is 17.6 Å². The Kier molecular flexibility index (Phi) is 5.53. The van der Waals surface area contributed by atoms with Gasteiger partial charge in [0, 0.05) is 11.8 Å². The lowest BCUT2D eigenvalue weighted by Crippen LogP contribution is -2.22. The van der Waals surface area contributed by atoms with Gasteiger partial charge in [0.1, 0.15) is 6.54 Å². The molecular weight excluding hydrogens is 384 g/mol. The van der Waals surface area contributed by atoms with E-state index in [1.807, 2.05) is 66.7 Å². The number of amides is 1. The largest absolute Gasteiger partial charge is 0.468 e. The Morgan fingerprint density at radius 1 is 1.00 bits per heavy atom. The number of fused-ring (bicyclic) bond motifs is 3. The van der Waals surface area contributed by atoms with Gasteiger partial charge < -0.3 is 9.30 Å². The molecule has 0 atom stereocenters. The Labute approximate surface area is 171 Å². The number of carbonyl (C=O) groups excluding carboxylic acids is 2. The number of carbonyl (C=O) groups is 2. The minimum Gasteiger partial charge on any atom is -0.468 e. The summed E-state index contributed by atoms with van der Waals surface area (Å²) in [6.45, 7) is 0.0135. The zero-order valence-electron chi connectivity index (χ0n) is 16.0. The number of benzene rings is 3. The number of esters is 1. The summed E-state index contributed by atoms with van der Waals surface area (Å²) in [4.78, 5) is 29.4. The van der Waals surface area contributed by atoms with Gasteiger partial charge in [0.15, 0.2) is 4.80 Å². The van der Waals surface area contributed by atoms with Gasteiger partial charge in [-0.15, -0.1) is 0 Å². The molecule has 0 fully saturated rings. The average molecular weight is 404 g/mol. The van der Waals surface area contributed by atoms with Crippen molar-refractivity contribution in [1.29, 1.82) is 0 Å². The van der Waals surface area contributed by atoms with Gasteiger partial charge in [0.2, 0.25) is 5.91 Å². The Morgan fingerprint density at radius 2 is 1.76 bits per heavy atom. The van der Waals surface area contributed by atoms with E-state index in [-0.39, 0.29) is 18.4 Å². The van der Waals surface area contributed by atoms with Crippen LogP contribution in [0.25, 0.3) is 21.0 Å². The Bertz CT molecular complexity index is 1260. The number of ether oxygens (including phenoxy) is 1. The van der Waals surface area contributed by atoms with Crippen LogP contribution in [0.2, 0.25) is 0 Å². The van der Waals surface area contributed by atoms with Gasteiger partial charge in [-0.2, -0.15) is 4.99 Å². The zero-order valence-corrected chi connectivity index (χ0v) is 16.8. The number of hydrogen-bond acceptors (Lipinski definition) is 4. The number of hydrogen-bond donors (Lipinski definition) is 0. The SMILES string of the molecule is COC(=O)Cn1c(=NC(=O)CCc2ccccc2)sc2c3ccccc3ccc21. The van der Waals surface area contributed by atoms with Gasteiger partial charge in [-0.1, -0.05) is 72.0 Å². The zero-order chi connectivity index (χ0) is 20.2. The summed E-state index contributed by atoms with van der Waals surface area (Å²) < 4.78 is 7.61. The molecule has 1 amide bonds. The average Bonchev–Trinajstić information content (AvgIpc) is 3.10. The van der Waals surface area contributed by atoms with Crippen LogP contribution in [-0.2, 0) is 27.3 Å². The second kappa shape index (κ2) is 8.41. The fourth-order valence-corrected chi connectivity index (χ4v) is 4.47. The highest BCUT2D eigenvalue weighted by Gasteiger charge is 2.13. The van der Waals surface area contributed by atoms with Crippen molar-refractivity contribution in [1.82, 2.24) is 4.57 Å². The van der Waals surface area contributed by atoms with Crippen molar-refractivity contribution in [3.63, 3.8) is 0 Å². The van der Waals surface area contributed by atoms with E-state index < -0.39 is 0 Å². The summed E-state index contributed by atoms with van der Waals surface area (Å²) in [6, 6.07) is 21.9. The molecule has 6 heteroatoms. The molecule has 0 aliphatic heterocycles. The predicted molar refractivity (Wildman–Crippen MR) is 115 cm³/mol. The molecule has 5 nitrogen and oxygen atoms in total. The standard InChI is InChI=1S/C23H20N2O3S/c1-28-21(27)15-25-19-13-12-17-9-5-6-10-18(17)22(19)29-23(25)24-20(26)14-11-16-7-3-2-4-8-16/h2-10,12-13H,11,14-15H2,1H3. The van der Waals surface area contributed by atoms with E-state index in [1.54, 1.807) is 4.57 Å². The smallest absolute Gasteiger partial charge is 0.325 e. The van der Waals surface area contributed by atoms with Gasteiger partial charge >= 0.3 is 5.97 Å². The quantitative estimate of drug-likeness (QED) is 0.471. The van der Waals surface area contributed by atoms with Gasteiger partial charge in [0.05, 0.1) is 17.3 Å². The molecule has 1 heterocycles. The van der Waals surface area contributed by atoms with Crippen molar-refractivity contribution in [2.24, 2.45) is 4.99 Å². The van der Waals surface area contributed by atoms with Crippen LogP contribution < -0.4 is 4.80 Å². The van der Waals surface area contributed by atoms with Crippen molar-refractivity contribution in [3.05, 3.63) is 77.1 Å². The number of methoxy groups -OCH3 is 1. The molecule has 0 unspecified atom stereocenters. The van der Waals surface area contributed by atoms with Crippen LogP contribution in [0, 0.1) is 0 Å². The highest BCUT2D eigenvalue weighted by Crippen LogP contribution is 2.27. The molecule has 0 aliphatic carbocycles. The van der Waals surface area contributed by atoms with Crippen LogP contribution in [-0.4, -0.2) is 23.6 Å². The minimum atomic E-state index is -0.379. The lowest BCUT2D eigenvalue weighted by Gasteiger charge is -2.04. The third kappa shape index (κ3) is 4.12. The van der Waals surface area contributed by atoms with Crippen molar-refractivity contribution in [3.8, 4) is 0 Å². The molecule has 4 rings (SSSR count). The minimum absolute atomic E-state index is 0.0135. The summed E-state index contributed by atoms with van der Waals surface area (Å²) in [5.41, 5.74) is 1.97. The first-order chi connectivity index (χ1) is 14.2. The van der Waals surface area contributed by atoms with Crippen molar-refractivity contribution in [2.75, 3.05) is 7.11 Å². The summed E-state index contributed by atoms with van der Waals surface area (Å²) in [5, 5.41) is 2.18. The number of aryl methyl sites for hydroxylation is 1. The maximum absolute atomic E-state index is 12.5. The van der Waals surface area contributed by atoms with Crippen LogP contribution >= 0.6 is 11.3 Å². The van der Waals surface area contributed by atoms with E-state index in [1.165, 1.54) is 18.4 Å². The molecule has 0 bridgehead atoms. The van der Waals surface area contributed by atoms with Crippen molar-refractivity contribution >= 4 is 44.2 Å². The van der Waals surface area contributed by atoms with Gasteiger partial charge in [-0.3, -0.25) is 9.59 Å². The molecule has 0 saturated carbocycles. The van der Waals surface area contributed by atoms with Crippen LogP contribution in [0.1, 0.15) is 12.0 Å². The van der Waals surface area contributed by atoms with E-state index in [2.05, 4.69) is 4.99 Å². The molecule has 0 aliphatic rings. The molecule has 0 radical (unpaired) electrons. The second-order valence-electron chi connectivity index (χ2n) is 6.67. The molecule has 0 saturated heterocycles. The molecule has 1 aromatic heterocycles. The fourth-order valence-electron chi connectivity index (χ4n) is 3.29. The number of thiazole rings is 1. The van der Waals surface area contributed by atoms with E-state index in [9.17, 15) is 9.59 Å². The number of rotatable bonds is 5. The van der Waals surface area contributed by atoms with Gasteiger partial charge in [-0.25, -0.2) is 0 Å². The van der Waals surface area contributed by atoms with E-state index in [4.69, 9.17) is 4.74 Å². The number of aromatic nitrogens is 1. The topological polar surface area (TPSA) is 60.7 Å². The lowest BCUT2D eigenvalue weighted by atomic mass is 10.1.